The summed E-state index contributed by atoms with van der Waals surface area (Å²) in [5.74, 6) is 1.95. The third kappa shape index (κ3) is 4.24. The SMILES string of the molecule is CCOc1ccc2nc(NC(=O)CC(C)C3CCNCC3)sc2c1. The van der Waals surface area contributed by atoms with Crippen molar-refractivity contribution >= 4 is 32.6 Å². The van der Waals surface area contributed by atoms with Gasteiger partial charge in [-0.2, -0.15) is 0 Å². The van der Waals surface area contributed by atoms with E-state index in [1.807, 2.05) is 25.1 Å². The van der Waals surface area contributed by atoms with E-state index in [0.717, 1.165) is 41.9 Å². The Labute approximate surface area is 146 Å². The fraction of sp³-hybridized carbons (Fsp3) is 0.556. The maximum Gasteiger partial charge on any atom is 0.226 e. The highest BCUT2D eigenvalue weighted by atomic mass is 32.1. The molecule has 1 aliphatic rings. The normalized spacial score (nSPS) is 16.9. The Balaban J connectivity index is 1.60. The number of hydrogen-bond donors (Lipinski definition) is 2. The van der Waals surface area contributed by atoms with Gasteiger partial charge in [0, 0.05) is 6.42 Å². The van der Waals surface area contributed by atoms with E-state index in [-0.39, 0.29) is 5.91 Å². The van der Waals surface area contributed by atoms with Gasteiger partial charge < -0.3 is 15.4 Å². The smallest absolute Gasteiger partial charge is 0.226 e. The largest absolute Gasteiger partial charge is 0.494 e. The van der Waals surface area contributed by atoms with Gasteiger partial charge in [-0.05, 0) is 62.9 Å². The van der Waals surface area contributed by atoms with Crippen molar-refractivity contribution in [3.05, 3.63) is 18.2 Å². The predicted molar refractivity (Wildman–Crippen MR) is 98.8 cm³/mol. The van der Waals surface area contributed by atoms with Gasteiger partial charge in [0.15, 0.2) is 5.13 Å². The first kappa shape index (κ1) is 17.2. The molecule has 1 saturated heterocycles. The first-order valence-corrected chi connectivity index (χ1v) is 9.51. The predicted octanol–water partition coefficient (Wildman–Crippen LogP) is 3.66. The van der Waals surface area contributed by atoms with Crippen molar-refractivity contribution in [2.75, 3.05) is 25.0 Å². The molecule has 24 heavy (non-hydrogen) atoms. The molecular formula is C18H25N3O2S. The number of nitrogens with zero attached hydrogens (tertiary/aromatic N) is 1. The van der Waals surface area contributed by atoms with Crippen molar-refractivity contribution in [1.29, 1.82) is 0 Å². The number of aromatic nitrogens is 1. The number of piperidine rings is 1. The summed E-state index contributed by atoms with van der Waals surface area (Å²) in [6.45, 7) is 6.92. The lowest BCUT2D eigenvalue weighted by atomic mass is 9.84. The number of rotatable bonds is 6. The number of carbonyl (C=O) groups excluding carboxylic acids is 1. The summed E-state index contributed by atoms with van der Waals surface area (Å²) in [5, 5.41) is 7.00. The molecule has 0 saturated carbocycles. The number of carbonyl (C=O) groups is 1. The zero-order chi connectivity index (χ0) is 16.9. The first-order chi connectivity index (χ1) is 11.7. The highest BCUT2D eigenvalue weighted by Gasteiger charge is 2.22. The number of fused-ring (bicyclic) bond motifs is 1. The zero-order valence-corrected chi connectivity index (χ0v) is 15.1. The molecule has 1 aliphatic heterocycles. The van der Waals surface area contributed by atoms with Gasteiger partial charge in [-0.25, -0.2) is 4.98 Å². The maximum absolute atomic E-state index is 12.3. The quantitative estimate of drug-likeness (QED) is 0.837. The van der Waals surface area contributed by atoms with Gasteiger partial charge in [-0.3, -0.25) is 4.79 Å². The topological polar surface area (TPSA) is 63.2 Å². The third-order valence-corrected chi connectivity index (χ3v) is 5.55. The second-order valence-electron chi connectivity index (χ2n) is 6.40. The van der Waals surface area contributed by atoms with Gasteiger partial charge in [0.2, 0.25) is 5.91 Å². The average molecular weight is 347 g/mol. The second kappa shape index (κ2) is 7.94. The molecule has 2 N–H and O–H groups in total. The molecule has 3 rings (SSSR count). The van der Waals surface area contributed by atoms with Crippen LogP contribution in [-0.4, -0.2) is 30.6 Å². The molecule has 0 aliphatic carbocycles. The Morgan fingerprint density at radius 3 is 3.00 bits per heavy atom. The number of amides is 1. The molecule has 0 bridgehead atoms. The van der Waals surface area contributed by atoms with Crippen LogP contribution in [0.15, 0.2) is 18.2 Å². The van der Waals surface area contributed by atoms with Crippen LogP contribution >= 0.6 is 11.3 Å². The van der Waals surface area contributed by atoms with E-state index >= 15 is 0 Å². The minimum Gasteiger partial charge on any atom is -0.494 e. The van der Waals surface area contributed by atoms with E-state index < -0.39 is 0 Å². The maximum atomic E-state index is 12.3. The minimum absolute atomic E-state index is 0.0603. The molecule has 1 aromatic heterocycles. The molecular weight excluding hydrogens is 322 g/mol. The Kier molecular flexibility index (Phi) is 5.68. The summed E-state index contributed by atoms with van der Waals surface area (Å²) >= 11 is 1.50. The Bertz CT molecular complexity index is 695. The van der Waals surface area contributed by atoms with Gasteiger partial charge in [0.1, 0.15) is 5.75 Å². The number of ether oxygens (including phenoxy) is 1. The number of anilines is 1. The molecule has 5 nitrogen and oxygen atoms in total. The summed E-state index contributed by atoms with van der Waals surface area (Å²) in [5.41, 5.74) is 0.894. The fourth-order valence-corrected chi connectivity index (χ4v) is 4.17. The number of hydrogen-bond acceptors (Lipinski definition) is 5. The van der Waals surface area contributed by atoms with Crippen molar-refractivity contribution in [3.8, 4) is 5.75 Å². The molecule has 6 heteroatoms. The highest BCUT2D eigenvalue weighted by Crippen LogP contribution is 2.30. The van der Waals surface area contributed by atoms with E-state index in [0.29, 0.717) is 30.0 Å². The van der Waals surface area contributed by atoms with E-state index in [4.69, 9.17) is 4.74 Å². The molecule has 1 amide bonds. The second-order valence-corrected chi connectivity index (χ2v) is 7.43. The molecule has 1 aromatic carbocycles. The van der Waals surface area contributed by atoms with E-state index in [1.165, 1.54) is 11.3 Å². The van der Waals surface area contributed by atoms with Crippen LogP contribution in [0, 0.1) is 11.8 Å². The van der Waals surface area contributed by atoms with Crippen LogP contribution in [0.4, 0.5) is 5.13 Å². The van der Waals surface area contributed by atoms with Gasteiger partial charge in [0.25, 0.3) is 0 Å². The van der Waals surface area contributed by atoms with Crippen molar-refractivity contribution < 1.29 is 9.53 Å². The molecule has 1 fully saturated rings. The Morgan fingerprint density at radius 1 is 1.46 bits per heavy atom. The van der Waals surface area contributed by atoms with Crippen LogP contribution < -0.4 is 15.4 Å². The Morgan fingerprint density at radius 2 is 2.25 bits per heavy atom. The van der Waals surface area contributed by atoms with E-state index in [9.17, 15) is 4.79 Å². The fourth-order valence-electron chi connectivity index (χ4n) is 3.26. The van der Waals surface area contributed by atoms with Gasteiger partial charge in [0.05, 0.1) is 16.8 Å². The van der Waals surface area contributed by atoms with Crippen LogP contribution in [0.1, 0.15) is 33.1 Å². The molecule has 130 valence electrons. The zero-order valence-electron chi connectivity index (χ0n) is 14.3. The third-order valence-electron chi connectivity index (χ3n) is 4.61. The summed E-state index contributed by atoms with van der Waals surface area (Å²) in [6, 6.07) is 5.82. The monoisotopic (exact) mass is 347 g/mol. The number of nitrogens with one attached hydrogen (secondary N) is 2. The number of benzene rings is 1. The summed E-state index contributed by atoms with van der Waals surface area (Å²) in [7, 11) is 0. The summed E-state index contributed by atoms with van der Waals surface area (Å²) < 4.78 is 6.54. The number of thiazole rings is 1. The van der Waals surface area contributed by atoms with E-state index in [1.54, 1.807) is 0 Å². The summed E-state index contributed by atoms with van der Waals surface area (Å²) in [4.78, 5) is 16.8. The van der Waals surface area contributed by atoms with Gasteiger partial charge in [-0.15, -0.1) is 0 Å². The van der Waals surface area contributed by atoms with Crippen LogP contribution in [0.3, 0.4) is 0 Å². The summed E-state index contributed by atoms with van der Waals surface area (Å²) in [6.07, 6.45) is 2.89. The standard InChI is InChI=1S/C18H25N3O2S/c1-3-23-14-4-5-15-16(11-14)24-18(20-15)21-17(22)10-12(2)13-6-8-19-9-7-13/h4-5,11-13,19H,3,6-10H2,1-2H3,(H,20,21,22). The molecule has 1 atom stereocenters. The van der Waals surface area contributed by atoms with Crippen molar-refractivity contribution in [2.24, 2.45) is 11.8 Å². The molecule has 2 aromatic rings. The van der Waals surface area contributed by atoms with E-state index in [2.05, 4.69) is 22.5 Å². The lowest BCUT2D eigenvalue weighted by molar-refractivity contribution is -0.117. The molecule has 1 unspecified atom stereocenters. The van der Waals surface area contributed by atoms with Crippen LogP contribution in [-0.2, 0) is 4.79 Å². The molecule has 2 heterocycles. The van der Waals surface area contributed by atoms with Crippen molar-refractivity contribution in [3.63, 3.8) is 0 Å². The Hall–Kier alpha value is -1.66. The lowest BCUT2D eigenvalue weighted by Gasteiger charge is -2.27. The minimum atomic E-state index is 0.0603. The molecule has 0 spiro atoms. The lowest BCUT2D eigenvalue weighted by Crippen LogP contribution is -2.32. The van der Waals surface area contributed by atoms with Crippen molar-refractivity contribution in [2.45, 2.75) is 33.1 Å². The van der Waals surface area contributed by atoms with Crippen LogP contribution in [0.2, 0.25) is 0 Å². The first-order valence-electron chi connectivity index (χ1n) is 8.69. The van der Waals surface area contributed by atoms with Crippen LogP contribution in [0.5, 0.6) is 5.75 Å². The van der Waals surface area contributed by atoms with Crippen molar-refractivity contribution in [1.82, 2.24) is 10.3 Å². The average Bonchev–Trinajstić information content (AvgIpc) is 2.97. The van der Waals surface area contributed by atoms with Gasteiger partial charge in [-0.1, -0.05) is 18.3 Å². The highest BCUT2D eigenvalue weighted by molar-refractivity contribution is 7.22. The van der Waals surface area contributed by atoms with Gasteiger partial charge >= 0.3 is 0 Å². The molecule has 0 radical (unpaired) electrons. The van der Waals surface area contributed by atoms with Crippen LogP contribution in [0.25, 0.3) is 10.2 Å².